The standard InChI is InChI=1S/C12H11BrFN3O/c1-6-7(2)17-12(5-16-6)18-11-4-9(14)8(13)3-10(11)15/h3-5H,15H2,1-2H3. The summed E-state index contributed by atoms with van der Waals surface area (Å²) in [5.41, 5.74) is 7.63. The highest BCUT2D eigenvalue weighted by Gasteiger charge is 2.09. The fourth-order valence-corrected chi connectivity index (χ4v) is 1.68. The van der Waals surface area contributed by atoms with Gasteiger partial charge in [0, 0.05) is 6.07 Å². The van der Waals surface area contributed by atoms with Crippen molar-refractivity contribution in [2.45, 2.75) is 13.8 Å². The van der Waals surface area contributed by atoms with Gasteiger partial charge in [-0.2, -0.15) is 0 Å². The smallest absolute Gasteiger partial charge is 0.238 e. The van der Waals surface area contributed by atoms with Crippen molar-refractivity contribution in [2.75, 3.05) is 5.73 Å². The van der Waals surface area contributed by atoms with E-state index in [4.69, 9.17) is 10.5 Å². The number of aromatic nitrogens is 2. The van der Waals surface area contributed by atoms with Gasteiger partial charge < -0.3 is 10.5 Å². The van der Waals surface area contributed by atoms with Gasteiger partial charge >= 0.3 is 0 Å². The third-order valence-corrected chi connectivity index (χ3v) is 3.05. The number of anilines is 1. The number of hydrogen-bond acceptors (Lipinski definition) is 4. The van der Waals surface area contributed by atoms with Crippen LogP contribution in [0.4, 0.5) is 10.1 Å². The lowest BCUT2D eigenvalue weighted by Crippen LogP contribution is -1.98. The Morgan fingerprint density at radius 2 is 2.00 bits per heavy atom. The van der Waals surface area contributed by atoms with Crippen molar-refractivity contribution in [3.63, 3.8) is 0 Å². The van der Waals surface area contributed by atoms with Gasteiger partial charge in [-0.05, 0) is 35.8 Å². The first-order valence-electron chi connectivity index (χ1n) is 5.20. The minimum absolute atomic E-state index is 0.216. The molecule has 0 aliphatic heterocycles. The predicted molar refractivity (Wildman–Crippen MR) is 70.1 cm³/mol. The van der Waals surface area contributed by atoms with Crippen molar-refractivity contribution in [1.29, 1.82) is 0 Å². The van der Waals surface area contributed by atoms with Crippen molar-refractivity contribution in [3.8, 4) is 11.6 Å². The number of rotatable bonds is 2. The Labute approximate surface area is 112 Å². The first-order valence-corrected chi connectivity index (χ1v) is 5.99. The van der Waals surface area contributed by atoms with Crippen LogP contribution in [0.5, 0.6) is 11.6 Å². The van der Waals surface area contributed by atoms with Gasteiger partial charge in [-0.1, -0.05) is 0 Å². The Balaban J connectivity index is 2.34. The van der Waals surface area contributed by atoms with E-state index < -0.39 is 5.82 Å². The summed E-state index contributed by atoms with van der Waals surface area (Å²) in [5.74, 6) is 0.0516. The van der Waals surface area contributed by atoms with Crippen LogP contribution in [0.1, 0.15) is 11.4 Å². The van der Waals surface area contributed by atoms with Crippen LogP contribution in [0.15, 0.2) is 22.8 Å². The van der Waals surface area contributed by atoms with Gasteiger partial charge in [-0.3, -0.25) is 4.98 Å². The highest BCUT2D eigenvalue weighted by Crippen LogP contribution is 2.31. The number of benzene rings is 1. The lowest BCUT2D eigenvalue weighted by Gasteiger charge is -2.09. The van der Waals surface area contributed by atoms with Gasteiger partial charge in [-0.25, -0.2) is 9.37 Å². The minimum Gasteiger partial charge on any atom is -0.435 e. The molecule has 0 aliphatic rings. The van der Waals surface area contributed by atoms with E-state index in [0.717, 1.165) is 11.4 Å². The molecule has 6 heteroatoms. The molecule has 0 aliphatic carbocycles. The highest BCUT2D eigenvalue weighted by atomic mass is 79.9. The summed E-state index contributed by atoms with van der Waals surface area (Å²) in [6.07, 6.45) is 1.47. The summed E-state index contributed by atoms with van der Waals surface area (Å²) >= 11 is 3.05. The monoisotopic (exact) mass is 311 g/mol. The van der Waals surface area contributed by atoms with E-state index in [1.807, 2.05) is 13.8 Å². The predicted octanol–water partition coefficient (Wildman–Crippen LogP) is 3.37. The lowest BCUT2D eigenvalue weighted by atomic mass is 10.3. The number of nitrogens with two attached hydrogens (primary N) is 1. The number of ether oxygens (including phenoxy) is 1. The molecular weight excluding hydrogens is 301 g/mol. The molecule has 2 rings (SSSR count). The second-order valence-corrected chi connectivity index (χ2v) is 4.64. The van der Waals surface area contributed by atoms with Gasteiger partial charge in [0.2, 0.25) is 5.88 Å². The maximum atomic E-state index is 13.4. The maximum Gasteiger partial charge on any atom is 0.238 e. The van der Waals surface area contributed by atoms with Crippen LogP contribution < -0.4 is 10.5 Å². The molecule has 0 radical (unpaired) electrons. The Kier molecular flexibility index (Phi) is 3.47. The topological polar surface area (TPSA) is 61.0 Å². The third-order valence-electron chi connectivity index (χ3n) is 2.44. The Morgan fingerprint density at radius 3 is 2.67 bits per heavy atom. The first-order chi connectivity index (χ1) is 8.47. The quantitative estimate of drug-likeness (QED) is 0.864. The van der Waals surface area contributed by atoms with Crippen molar-refractivity contribution in [2.24, 2.45) is 0 Å². The fraction of sp³-hybridized carbons (Fsp3) is 0.167. The van der Waals surface area contributed by atoms with Crippen molar-refractivity contribution in [1.82, 2.24) is 9.97 Å². The molecule has 2 N–H and O–H groups in total. The fourth-order valence-electron chi connectivity index (χ4n) is 1.31. The molecule has 0 spiro atoms. The van der Waals surface area contributed by atoms with Crippen LogP contribution in [0.25, 0.3) is 0 Å². The van der Waals surface area contributed by atoms with E-state index >= 15 is 0 Å². The number of aryl methyl sites for hydroxylation is 2. The van der Waals surface area contributed by atoms with Gasteiger partial charge in [-0.15, -0.1) is 0 Å². The lowest BCUT2D eigenvalue weighted by molar-refractivity contribution is 0.455. The van der Waals surface area contributed by atoms with E-state index in [2.05, 4.69) is 25.9 Å². The number of hydrogen-bond donors (Lipinski definition) is 1. The third kappa shape index (κ3) is 2.59. The average Bonchev–Trinajstić information content (AvgIpc) is 2.31. The van der Waals surface area contributed by atoms with Crippen LogP contribution in [0, 0.1) is 19.7 Å². The average molecular weight is 312 g/mol. The van der Waals surface area contributed by atoms with Gasteiger partial charge in [0.1, 0.15) is 5.82 Å². The molecule has 1 heterocycles. The Bertz CT molecular complexity index is 604. The molecule has 18 heavy (non-hydrogen) atoms. The Morgan fingerprint density at radius 1 is 1.28 bits per heavy atom. The molecule has 1 aromatic heterocycles. The summed E-state index contributed by atoms with van der Waals surface area (Å²) in [6.45, 7) is 3.67. The van der Waals surface area contributed by atoms with Crippen molar-refractivity contribution >= 4 is 21.6 Å². The maximum absolute atomic E-state index is 13.4. The first kappa shape index (κ1) is 12.8. The number of nitrogen functional groups attached to an aromatic ring is 1. The van der Waals surface area contributed by atoms with Crippen LogP contribution in [0.2, 0.25) is 0 Å². The van der Waals surface area contributed by atoms with Crippen LogP contribution >= 0.6 is 15.9 Å². The second kappa shape index (κ2) is 4.89. The SMILES string of the molecule is Cc1ncc(Oc2cc(F)c(Br)cc2N)nc1C. The normalized spacial score (nSPS) is 10.4. The summed E-state index contributed by atoms with van der Waals surface area (Å²) < 4.78 is 19.1. The van der Waals surface area contributed by atoms with Crippen LogP contribution in [0.3, 0.4) is 0 Å². The molecule has 1 aromatic carbocycles. The van der Waals surface area contributed by atoms with Crippen molar-refractivity contribution in [3.05, 3.63) is 40.0 Å². The van der Waals surface area contributed by atoms with E-state index in [9.17, 15) is 4.39 Å². The molecular formula is C12H11BrFN3O. The molecule has 4 nitrogen and oxygen atoms in total. The zero-order chi connectivity index (χ0) is 13.3. The minimum atomic E-state index is -0.448. The van der Waals surface area contributed by atoms with E-state index in [1.54, 1.807) is 0 Å². The molecule has 94 valence electrons. The molecule has 0 atom stereocenters. The van der Waals surface area contributed by atoms with E-state index in [-0.39, 0.29) is 11.6 Å². The van der Waals surface area contributed by atoms with Gasteiger partial charge in [0.15, 0.2) is 5.75 Å². The molecule has 0 fully saturated rings. The molecule has 0 unspecified atom stereocenters. The molecule has 0 amide bonds. The Hall–Kier alpha value is -1.69. The molecule has 0 bridgehead atoms. The van der Waals surface area contributed by atoms with E-state index in [0.29, 0.717) is 10.2 Å². The zero-order valence-electron chi connectivity index (χ0n) is 9.87. The largest absolute Gasteiger partial charge is 0.435 e. The zero-order valence-corrected chi connectivity index (χ0v) is 11.5. The molecule has 0 saturated carbocycles. The van der Waals surface area contributed by atoms with Crippen molar-refractivity contribution < 1.29 is 9.13 Å². The molecule has 0 saturated heterocycles. The number of nitrogens with zero attached hydrogens (tertiary/aromatic N) is 2. The summed E-state index contributed by atoms with van der Waals surface area (Å²) in [6, 6.07) is 2.65. The van der Waals surface area contributed by atoms with Gasteiger partial charge in [0.05, 0.1) is 27.7 Å². The summed E-state index contributed by atoms with van der Waals surface area (Å²) in [5, 5.41) is 0. The highest BCUT2D eigenvalue weighted by molar-refractivity contribution is 9.10. The summed E-state index contributed by atoms with van der Waals surface area (Å²) in [4.78, 5) is 8.30. The van der Waals surface area contributed by atoms with E-state index in [1.165, 1.54) is 18.3 Å². The van der Waals surface area contributed by atoms with Crippen LogP contribution in [-0.4, -0.2) is 9.97 Å². The molecule has 2 aromatic rings. The number of halogens is 2. The van der Waals surface area contributed by atoms with Gasteiger partial charge in [0.25, 0.3) is 0 Å². The second-order valence-electron chi connectivity index (χ2n) is 3.79. The summed E-state index contributed by atoms with van der Waals surface area (Å²) in [7, 11) is 0. The van der Waals surface area contributed by atoms with Crippen LogP contribution in [-0.2, 0) is 0 Å².